The summed E-state index contributed by atoms with van der Waals surface area (Å²) in [6, 6.07) is 14.5. The number of hydrogen-bond donors (Lipinski definition) is 0. The lowest BCUT2D eigenvalue weighted by molar-refractivity contribution is 0.0775. The molecule has 29 heavy (non-hydrogen) atoms. The molecule has 0 bridgehead atoms. The highest BCUT2D eigenvalue weighted by molar-refractivity contribution is 7.92. The van der Waals surface area contributed by atoms with Crippen LogP contribution in [-0.2, 0) is 16.6 Å². The quantitative estimate of drug-likeness (QED) is 0.581. The average Bonchev–Trinajstić information content (AvgIpc) is 3.20. The predicted octanol–water partition coefficient (Wildman–Crippen LogP) is 4.34. The van der Waals surface area contributed by atoms with Gasteiger partial charge >= 0.3 is 0 Å². The molecule has 0 aliphatic heterocycles. The van der Waals surface area contributed by atoms with Gasteiger partial charge in [-0.25, -0.2) is 8.42 Å². The van der Waals surface area contributed by atoms with E-state index in [0.717, 1.165) is 5.56 Å². The highest BCUT2D eigenvalue weighted by Gasteiger charge is 2.24. The van der Waals surface area contributed by atoms with Crippen LogP contribution in [0.5, 0.6) is 0 Å². The Morgan fingerprint density at radius 1 is 1.07 bits per heavy atom. The van der Waals surface area contributed by atoms with Crippen molar-refractivity contribution in [1.29, 1.82) is 0 Å². The van der Waals surface area contributed by atoms with Crippen LogP contribution in [-0.4, -0.2) is 33.3 Å². The monoisotopic (exact) mass is 432 g/mol. The number of anilines is 1. The van der Waals surface area contributed by atoms with Crippen LogP contribution in [0.1, 0.15) is 21.7 Å². The van der Waals surface area contributed by atoms with Gasteiger partial charge in [-0.3, -0.25) is 9.10 Å². The normalized spacial score (nSPS) is 11.3. The molecule has 6 nitrogen and oxygen atoms in total. The highest BCUT2D eigenvalue weighted by Crippen LogP contribution is 2.27. The Bertz CT molecular complexity index is 1110. The van der Waals surface area contributed by atoms with Gasteiger partial charge in [-0.15, -0.1) is 0 Å². The number of rotatable bonds is 6. The van der Waals surface area contributed by atoms with E-state index in [1.165, 1.54) is 40.5 Å². The van der Waals surface area contributed by atoms with Crippen LogP contribution in [0.15, 0.2) is 70.2 Å². The van der Waals surface area contributed by atoms with Gasteiger partial charge in [0.25, 0.3) is 15.9 Å². The minimum absolute atomic E-state index is 0.121. The zero-order valence-electron chi connectivity index (χ0n) is 16.3. The zero-order chi connectivity index (χ0) is 21.2. The number of amides is 1. The van der Waals surface area contributed by atoms with Crippen molar-refractivity contribution in [3.05, 3.63) is 82.8 Å². The van der Waals surface area contributed by atoms with Gasteiger partial charge in [0.15, 0.2) is 0 Å². The molecule has 1 amide bonds. The van der Waals surface area contributed by atoms with Crippen LogP contribution in [0.2, 0.25) is 5.02 Å². The number of sulfonamides is 1. The second kappa shape index (κ2) is 8.31. The van der Waals surface area contributed by atoms with E-state index in [9.17, 15) is 13.2 Å². The summed E-state index contributed by atoms with van der Waals surface area (Å²) in [5.74, 6) is 0.426. The molecular weight excluding hydrogens is 412 g/mol. The van der Waals surface area contributed by atoms with Gasteiger partial charge in [0.2, 0.25) is 0 Å². The third kappa shape index (κ3) is 4.46. The number of nitrogens with zero attached hydrogens (tertiary/aromatic N) is 2. The molecule has 8 heteroatoms. The van der Waals surface area contributed by atoms with Crippen molar-refractivity contribution in [2.24, 2.45) is 0 Å². The topological polar surface area (TPSA) is 70.8 Å². The molecule has 0 saturated carbocycles. The third-order valence-electron chi connectivity index (χ3n) is 4.59. The smallest absolute Gasteiger partial charge is 0.264 e. The minimum atomic E-state index is -3.80. The lowest BCUT2D eigenvalue weighted by Crippen LogP contribution is -2.29. The Morgan fingerprint density at radius 2 is 1.76 bits per heavy atom. The molecule has 2 aromatic carbocycles. The molecule has 0 radical (unpaired) electrons. The number of hydrogen-bond acceptors (Lipinski definition) is 4. The fourth-order valence-corrected chi connectivity index (χ4v) is 4.28. The summed E-state index contributed by atoms with van der Waals surface area (Å²) in [4.78, 5) is 14.5. The van der Waals surface area contributed by atoms with Crippen molar-refractivity contribution >= 4 is 33.2 Å². The Morgan fingerprint density at radius 3 is 2.38 bits per heavy atom. The van der Waals surface area contributed by atoms with Gasteiger partial charge < -0.3 is 9.32 Å². The molecule has 0 spiro atoms. The maximum absolute atomic E-state index is 13.0. The summed E-state index contributed by atoms with van der Waals surface area (Å²) in [5, 5.41) is 0.454. The van der Waals surface area contributed by atoms with Gasteiger partial charge in [0, 0.05) is 24.7 Å². The first-order chi connectivity index (χ1) is 13.7. The summed E-state index contributed by atoms with van der Waals surface area (Å²) in [5.41, 5.74) is 1.55. The fourth-order valence-electron chi connectivity index (χ4n) is 2.90. The van der Waals surface area contributed by atoms with Crippen molar-refractivity contribution in [3.8, 4) is 0 Å². The van der Waals surface area contributed by atoms with Crippen LogP contribution in [0, 0.1) is 6.92 Å². The average molecular weight is 433 g/mol. The van der Waals surface area contributed by atoms with Crippen LogP contribution in [0.4, 0.5) is 5.69 Å². The van der Waals surface area contributed by atoms with E-state index in [2.05, 4.69) is 0 Å². The van der Waals surface area contributed by atoms with E-state index in [-0.39, 0.29) is 10.8 Å². The Labute approximate surface area is 175 Å². The summed E-state index contributed by atoms with van der Waals surface area (Å²) < 4.78 is 32.5. The Kier molecular flexibility index (Phi) is 6.00. The van der Waals surface area contributed by atoms with Gasteiger partial charge in [0.05, 0.1) is 23.4 Å². The van der Waals surface area contributed by atoms with Gasteiger partial charge in [-0.05, 0) is 61.0 Å². The maximum Gasteiger partial charge on any atom is 0.264 e. The molecule has 0 aliphatic rings. The first-order valence-corrected chi connectivity index (χ1v) is 10.6. The molecular formula is C21H21ClN2O4S. The number of carbonyl (C=O) groups excluding carboxylic acids is 1. The van der Waals surface area contributed by atoms with Gasteiger partial charge in [-0.1, -0.05) is 17.7 Å². The van der Waals surface area contributed by atoms with Crippen molar-refractivity contribution in [1.82, 2.24) is 4.90 Å². The van der Waals surface area contributed by atoms with Crippen LogP contribution >= 0.6 is 11.6 Å². The molecule has 3 rings (SSSR count). The predicted molar refractivity (Wildman–Crippen MR) is 113 cm³/mol. The van der Waals surface area contributed by atoms with Crippen molar-refractivity contribution in [2.75, 3.05) is 18.4 Å². The minimum Gasteiger partial charge on any atom is -0.467 e. The second-order valence-electron chi connectivity index (χ2n) is 6.67. The lowest BCUT2D eigenvalue weighted by atomic mass is 10.1. The van der Waals surface area contributed by atoms with E-state index in [4.69, 9.17) is 16.0 Å². The number of furan rings is 1. The molecule has 1 aromatic heterocycles. The van der Waals surface area contributed by atoms with Crippen molar-refractivity contribution in [2.45, 2.75) is 18.4 Å². The third-order valence-corrected chi connectivity index (χ3v) is 6.62. The van der Waals surface area contributed by atoms with Crippen LogP contribution in [0.3, 0.4) is 0 Å². The maximum atomic E-state index is 13.0. The van der Waals surface area contributed by atoms with E-state index in [1.807, 2.05) is 0 Å². The highest BCUT2D eigenvalue weighted by atomic mass is 35.5. The summed E-state index contributed by atoms with van der Waals surface area (Å²) in [6.45, 7) is 2.11. The number of halogens is 1. The summed E-state index contributed by atoms with van der Waals surface area (Å²) in [7, 11) is -0.670. The van der Waals surface area contributed by atoms with Crippen LogP contribution < -0.4 is 4.31 Å². The molecule has 0 atom stereocenters. The van der Waals surface area contributed by atoms with Crippen LogP contribution in [0.25, 0.3) is 0 Å². The van der Waals surface area contributed by atoms with Gasteiger partial charge in [-0.2, -0.15) is 0 Å². The molecule has 1 heterocycles. The zero-order valence-corrected chi connectivity index (χ0v) is 17.9. The summed E-state index contributed by atoms with van der Waals surface area (Å²) in [6.07, 6.45) is 1.55. The number of aryl methyl sites for hydroxylation is 1. The lowest BCUT2D eigenvalue weighted by Gasteiger charge is -2.23. The molecule has 0 N–H and O–H groups in total. The van der Waals surface area contributed by atoms with E-state index < -0.39 is 10.0 Å². The first-order valence-electron chi connectivity index (χ1n) is 8.83. The molecule has 0 unspecified atom stereocenters. The second-order valence-corrected chi connectivity index (χ2v) is 9.07. The van der Waals surface area contributed by atoms with Gasteiger partial charge in [0.1, 0.15) is 5.76 Å². The van der Waals surface area contributed by atoms with Crippen molar-refractivity contribution < 1.29 is 17.6 Å². The number of benzene rings is 2. The summed E-state index contributed by atoms with van der Waals surface area (Å²) >= 11 is 5.86. The molecule has 3 aromatic rings. The van der Waals surface area contributed by atoms with E-state index in [0.29, 0.717) is 28.6 Å². The fraction of sp³-hybridized carbons (Fsp3) is 0.190. The molecule has 0 saturated heterocycles. The largest absolute Gasteiger partial charge is 0.467 e. The molecule has 0 aliphatic carbocycles. The van der Waals surface area contributed by atoms with E-state index in [1.54, 1.807) is 50.6 Å². The van der Waals surface area contributed by atoms with Crippen molar-refractivity contribution in [3.63, 3.8) is 0 Å². The Balaban J connectivity index is 1.90. The van der Waals surface area contributed by atoms with E-state index >= 15 is 0 Å². The molecule has 152 valence electrons. The first kappa shape index (κ1) is 21.0. The Hall–Kier alpha value is -2.77. The standard InChI is InChI=1S/C21H21ClN2O4S/c1-15-6-7-16(21(25)23(2)14-18-5-4-12-28-18)13-20(15)24(3)29(26,27)19-10-8-17(22)9-11-19/h4-13H,14H2,1-3H3. The SMILES string of the molecule is Cc1ccc(C(=O)N(C)Cc2ccco2)cc1N(C)S(=O)(=O)c1ccc(Cl)cc1. The number of carbonyl (C=O) groups is 1. The molecule has 0 fully saturated rings.